The van der Waals surface area contributed by atoms with E-state index >= 15 is 0 Å². The van der Waals surface area contributed by atoms with Crippen molar-refractivity contribution in [3.8, 4) is 0 Å². The van der Waals surface area contributed by atoms with Gasteiger partial charge >= 0.3 is 5.69 Å². The number of hydrogen-bond acceptors (Lipinski definition) is 6. The molecule has 158 valence electrons. The Bertz CT molecular complexity index is 1050. The van der Waals surface area contributed by atoms with Crippen molar-refractivity contribution in [3.05, 3.63) is 50.9 Å². The zero-order valence-electron chi connectivity index (χ0n) is 16.9. The molecule has 2 aromatic heterocycles. The molecule has 0 atom stereocenters. The lowest BCUT2D eigenvalue weighted by molar-refractivity contribution is -0.386. The first kappa shape index (κ1) is 20.3. The van der Waals surface area contributed by atoms with Crippen LogP contribution in [0.3, 0.4) is 0 Å². The Labute approximate surface area is 178 Å². The average molecular weight is 430 g/mol. The fraction of sp³-hybridized carbons (Fsp3) is 0.450. The first-order valence-corrected chi connectivity index (χ1v) is 10.4. The van der Waals surface area contributed by atoms with Gasteiger partial charge in [-0.1, -0.05) is 19.3 Å². The summed E-state index contributed by atoms with van der Waals surface area (Å²) in [4.78, 5) is 25.3. The van der Waals surface area contributed by atoms with Crippen LogP contribution in [0.1, 0.15) is 55.0 Å². The summed E-state index contributed by atoms with van der Waals surface area (Å²) in [7, 11) is 0. The number of hydrogen-bond donors (Lipinski definition) is 1. The molecular formula is C20H23N5O4S. The fourth-order valence-electron chi connectivity index (χ4n) is 4.17. The minimum atomic E-state index is -0.426. The van der Waals surface area contributed by atoms with Crippen LogP contribution in [0.15, 0.2) is 22.2 Å². The van der Waals surface area contributed by atoms with E-state index < -0.39 is 4.92 Å². The van der Waals surface area contributed by atoms with Gasteiger partial charge in [-0.15, -0.1) is 0 Å². The van der Waals surface area contributed by atoms with Gasteiger partial charge in [0, 0.05) is 12.1 Å². The molecule has 2 fully saturated rings. The molecule has 3 heterocycles. The second-order valence-electron chi connectivity index (χ2n) is 7.69. The molecule has 0 radical (unpaired) electrons. The summed E-state index contributed by atoms with van der Waals surface area (Å²) < 4.78 is 7.36. The van der Waals surface area contributed by atoms with Crippen LogP contribution in [-0.2, 0) is 11.3 Å². The van der Waals surface area contributed by atoms with Crippen LogP contribution in [0.4, 0.5) is 5.69 Å². The lowest BCUT2D eigenvalue weighted by Gasteiger charge is -2.29. The Morgan fingerprint density at radius 2 is 2.07 bits per heavy atom. The van der Waals surface area contributed by atoms with E-state index in [9.17, 15) is 14.9 Å². The number of thiocarbonyl (C=S) groups is 1. The minimum absolute atomic E-state index is 0.0148. The van der Waals surface area contributed by atoms with Gasteiger partial charge in [-0.2, -0.15) is 5.10 Å². The molecule has 10 heteroatoms. The number of carbonyl (C=O) groups is 1. The standard InChI is InChI=1S/C20H23N5O4S/c1-12-18(25(27)28)13(2)23(22-12)11-16-9-8-15(29-16)10-17-19(26)24(20(30)21-17)14-6-4-3-5-7-14/h8-10,14H,3-7,11H2,1-2H3,(H,21,30)/b17-10+. The highest BCUT2D eigenvalue weighted by atomic mass is 32.1. The van der Waals surface area contributed by atoms with E-state index in [4.69, 9.17) is 16.6 Å². The molecule has 1 saturated carbocycles. The number of nitro groups is 1. The van der Waals surface area contributed by atoms with Crippen LogP contribution >= 0.6 is 12.2 Å². The fourth-order valence-corrected chi connectivity index (χ4v) is 4.51. The van der Waals surface area contributed by atoms with Crippen LogP contribution in [0.2, 0.25) is 0 Å². The second-order valence-corrected chi connectivity index (χ2v) is 8.08. The highest BCUT2D eigenvalue weighted by molar-refractivity contribution is 7.80. The zero-order valence-corrected chi connectivity index (χ0v) is 17.7. The predicted molar refractivity (Wildman–Crippen MR) is 114 cm³/mol. The number of nitrogens with zero attached hydrogens (tertiary/aromatic N) is 4. The third-order valence-electron chi connectivity index (χ3n) is 5.65. The summed E-state index contributed by atoms with van der Waals surface area (Å²) in [6.45, 7) is 3.53. The molecular weight excluding hydrogens is 406 g/mol. The van der Waals surface area contributed by atoms with Crippen molar-refractivity contribution < 1.29 is 14.1 Å². The first-order valence-electron chi connectivity index (χ1n) is 9.98. The average Bonchev–Trinajstić information content (AvgIpc) is 3.33. The van der Waals surface area contributed by atoms with Crippen molar-refractivity contribution in [2.24, 2.45) is 0 Å². The number of carbonyl (C=O) groups excluding carboxylic acids is 1. The van der Waals surface area contributed by atoms with Gasteiger partial charge in [0.1, 0.15) is 28.6 Å². The summed E-state index contributed by atoms with van der Waals surface area (Å²) in [5.41, 5.74) is 1.24. The van der Waals surface area contributed by atoms with Crippen molar-refractivity contribution in [2.75, 3.05) is 0 Å². The van der Waals surface area contributed by atoms with Gasteiger partial charge in [0.2, 0.25) is 0 Å². The molecule has 1 aliphatic carbocycles. The Hall–Kier alpha value is -3.01. The largest absolute Gasteiger partial charge is 0.460 e. The van der Waals surface area contributed by atoms with Crippen LogP contribution in [0.5, 0.6) is 0 Å². The van der Waals surface area contributed by atoms with E-state index in [-0.39, 0.29) is 24.2 Å². The third kappa shape index (κ3) is 3.74. The molecule has 1 N–H and O–H groups in total. The van der Waals surface area contributed by atoms with Crippen LogP contribution in [0, 0.1) is 24.0 Å². The SMILES string of the molecule is Cc1nn(Cc2ccc(/C=C3/NC(=S)N(C4CCCCC4)C3=O)o2)c(C)c1[N+](=O)[O-]. The summed E-state index contributed by atoms with van der Waals surface area (Å²) in [6.07, 6.45) is 7.02. The van der Waals surface area contributed by atoms with E-state index in [1.165, 1.54) is 6.42 Å². The van der Waals surface area contributed by atoms with Gasteiger partial charge < -0.3 is 9.73 Å². The summed E-state index contributed by atoms with van der Waals surface area (Å²) >= 11 is 5.39. The van der Waals surface area contributed by atoms with Gasteiger partial charge in [-0.05, 0) is 51.0 Å². The predicted octanol–water partition coefficient (Wildman–Crippen LogP) is 3.44. The summed E-state index contributed by atoms with van der Waals surface area (Å²) in [5.74, 6) is 0.962. The lowest BCUT2D eigenvalue weighted by atomic mass is 9.94. The quantitative estimate of drug-likeness (QED) is 0.336. The highest BCUT2D eigenvalue weighted by Crippen LogP contribution is 2.27. The third-order valence-corrected chi connectivity index (χ3v) is 5.95. The molecule has 1 aliphatic heterocycles. The summed E-state index contributed by atoms with van der Waals surface area (Å²) in [6, 6.07) is 3.68. The summed E-state index contributed by atoms with van der Waals surface area (Å²) in [5, 5.41) is 18.9. The smallest absolute Gasteiger partial charge is 0.312 e. The molecule has 0 spiro atoms. The zero-order chi connectivity index (χ0) is 21.4. The molecule has 30 heavy (non-hydrogen) atoms. The van der Waals surface area contributed by atoms with Gasteiger partial charge in [0.05, 0.1) is 11.5 Å². The molecule has 0 bridgehead atoms. The van der Waals surface area contributed by atoms with E-state index in [2.05, 4.69) is 10.4 Å². The molecule has 1 amide bonds. The number of aromatic nitrogens is 2. The molecule has 1 saturated heterocycles. The van der Waals surface area contributed by atoms with E-state index in [0.717, 1.165) is 25.7 Å². The minimum Gasteiger partial charge on any atom is -0.460 e. The van der Waals surface area contributed by atoms with Crippen molar-refractivity contribution in [2.45, 2.75) is 58.5 Å². The number of amides is 1. The van der Waals surface area contributed by atoms with E-state index in [1.54, 1.807) is 41.6 Å². The second kappa shape index (κ2) is 8.02. The van der Waals surface area contributed by atoms with Crippen molar-refractivity contribution in [1.82, 2.24) is 20.0 Å². The van der Waals surface area contributed by atoms with Crippen LogP contribution in [-0.4, -0.2) is 36.7 Å². The number of aryl methyl sites for hydroxylation is 1. The van der Waals surface area contributed by atoms with Crippen LogP contribution in [0.25, 0.3) is 6.08 Å². The van der Waals surface area contributed by atoms with Crippen molar-refractivity contribution in [1.29, 1.82) is 0 Å². The number of furan rings is 1. The molecule has 4 rings (SSSR count). The number of rotatable bonds is 5. The van der Waals surface area contributed by atoms with Gasteiger partial charge in [0.15, 0.2) is 5.11 Å². The molecule has 0 unspecified atom stereocenters. The van der Waals surface area contributed by atoms with E-state index in [0.29, 0.717) is 33.7 Å². The maximum Gasteiger partial charge on any atom is 0.312 e. The molecule has 2 aliphatic rings. The Kier molecular flexibility index (Phi) is 5.42. The van der Waals surface area contributed by atoms with Gasteiger partial charge in [0.25, 0.3) is 5.91 Å². The lowest BCUT2D eigenvalue weighted by Crippen LogP contribution is -2.41. The monoisotopic (exact) mass is 429 g/mol. The molecule has 0 aromatic carbocycles. The molecule has 9 nitrogen and oxygen atoms in total. The van der Waals surface area contributed by atoms with Crippen molar-refractivity contribution >= 4 is 35.0 Å². The van der Waals surface area contributed by atoms with Gasteiger partial charge in [-0.25, -0.2) is 0 Å². The highest BCUT2D eigenvalue weighted by Gasteiger charge is 2.36. The maximum absolute atomic E-state index is 12.9. The Morgan fingerprint density at radius 1 is 1.33 bits per heavy atom. The Morgan fingerprint density at radius 3 is 2.73 bits per heavy atom. The van der Waals surface area contributed by atoms with E-state index in [1.807, 2.05) is 0 Å². The van der Waals surface area contributed by atoms with Crippen LogP contribution < -0.4 is 5.32 Å². The first-order chi connectivity index (χ1) is 14.3. The molecule has 2 aromatic rings. The topological polar surface area (TPSA) is 106 Å². The maximum atomic E-state index is 12.9. The van der Waals surface area contributed by atoms with Crippen molar-refractivity contribution in [3.63, 3.8) is 0 Å². The van der Waals surface area contributed by atoms with Gasteiger partial charge in [-0.3, -0.25) is 24.5 Å². The Balaban J connectivity index is 1.50. The number of nitrogens with one attached hydrogen (secondary N) is 1. The normalized spacial score (nSPS) is 19.0.